The number of benzene rings is 1. The molecule has 3 aromatic rings. The molecule has 4 nitrogen and oxygen atoms in total. The summed E-state index contributed by atoms with van der Waals surface area (Å²) in [6, 6.07) is 13.3. The first kappa shape index (κ1) is 11.3. The van der Waals surface area contributed by atoms with E-state index < -0.39 is 0 Å². The first-order chi connectivity index (χ1) is 9.33. The van der Waals surface area contributed by atoms with E-state index in [0.29, 0.717) is 11.5 Å². The van der Waals surface area contributed by atoms with Crippen molar-refractivity contribution in [2.24, 2.45) is 0 Å². The molecule has 1 aromatic carbocycles. The lowest BCUT2D eigenvalue weighted by Crippen LogP contribution is -1.93. The van der Waals surface area contributed by atoms with Crippen LogP contribution in [0.25, 0.3) is 22.6 Å². The van der Waals surface area contributed by atoms with Gasteiger partial charge in [0.2, 0.25) is 0 Å². The smallest absolute Gasteiger partial charge is 0.159 e. The lowest BCUT2D eigenvalue weighted by molar-refractivity contribution is 1.17. The van der Waals surface area contributed by atoms with Gasteiger partial charge >= 0.3 is 0 Å². The predicted molar refractivity (Wildman–Crippen MR) is 75.1 cm³/mol. The van der Waals surface area contributed by atoms with Gasteiger partial charge in [0.05, 0.1) is 5.69 Å². The molecule has 0 saturated carbocycles. The van der Waals surface area contributed by atoms with Gasteiger partial charge < -0.3 is 5.73 Å². The molecule has 0 saturated heterocycles. The molecule has 0 spiro atoms. The summed E-state index contributed by atoms with van der Waals surface area (Å²) in [5.41, 5.74) is 9.20. The Morgan fingerprint density at radius 3 is 2.58 bits per heavy atom. The second-order valence-electron chi connectivity index (χ2n) is 4.13. The minimum atomic E-state index is 0.661. The molecule has 0 bridgehead atoms. The second-order valence-corrected chi connectivity index (χ2v) is 4.13. The maximum Gasteiger partial charge on any atom is 0.159 e. The quantitative estimate of drug-likeness (QED) is 0.708. The Morgan fingerprint density at radius 2 is 1.79 bits per heavy atom. The van der Waals surface area contributed by atoms with Crippen LogP contribution < -0.4 is 5.73 Å². The van der Waals surface area contributed by atoms with Gasteiger partial charge in [-0.15, -0.1) is 0 Å². The summed E-state index contributed by atoms with van der Waals surface area (Å²) in [7, 11) is 0. The van der Waals surface area contributed by atoms with Crippen molar-refractivity contribution in [3.8, 4) is 22.6 Å². The van der Waals surface area contributed by atoms with Crippen LogP contribution in [-0.2, 0) is 0 Å². The monoisotopic (exact) mass is 248 g/mol. The van der Waals surface area contributed by atoms with Crippen LogP contribution in [0.1, 0.15) is 0 Å². The third-order valence-electron chi connectivity index (χ3n) is 2.76. The fraction of sp³-hybridized carbons (Fsp3) is 0. The van der Waals surface area contributed by atoms with Gasteiger partial charge in [-0.3, -0.25) is 4.98 Å². The maximum atomic E-state index is 5.78. The summed E-state index contributed by atoms with van der Waals surface area (Å²) < 4.78 is 0. The molecule has 0 radical (unpaired) electrons. The van der Waals surface area contributed by atoms with Crippen molar-refractivity contribution in [3.63, 3.8) is 0 Å². The van der Waals surface area contributed by atoms with Gasteiger partial charge in [0.15, 0.2) is 5.82 Å². The molecule has 2 N–H and O–H groups in total. The zero-order valence-electron chi connectivity index (χ0n) is 10.2. The highest BCUT2D eigenvalue weighted by molar-refractivity contribution is 5.65. The van der Waals surface area contributed by atoms with Crippen LogP contribution in [-0.4, -0.2) is 15.0 Å². The number of hydrogen-bond donors (Lipinski definition) is 1. The van der Waals surface area contributed by atoms with E-state index in [1.807, 2.05) is 42.5 Å². The number of rotatable bonds is 2. The largest absolute Gasteiger partial charge is 0.399 e. The van der Waals surface area contributed by atoms with E-state index >= 15 is 0 Å². The van der Waals surface area contributed by atoms with Crippen LogP contribution in [0, 0.1) is 0 Å². The van der Waals surface area contributed by atoms with E-state index in [1.54, 1.807) is 18.6 Å². The van der Waals surface area contributed by atoms with Crippen molar-refractivity contribution in [1.29, 1.82) is 0 Å². The van der Waals surface area contributed by atoms with Crippen molar-refractivity contribution >= 4 is 5.69 Å². The van der Waals surface area contributed by atoms with Gasteiger partial charge in [-0.2, -0.15) is 0 Å². The van der Waals surface area contributed by atoms with Crippen LogP contribution >= 0.6 is 0 Å². The van der Waals surface area contributed by atoms with Crippen LogP contribution in [0.3, 0.4) is 0 Å². The number of nitrogens with zero attached hydrogens (tertiary/aromatic N) is 3. The van der Waals surface area contributed by atoms with Gasteiger partial charge in [0.1, 0.15) is 0 Å². The maximum absolute atomic E-state index is 5.78. The van der Waals surface area contributed by atoms with Crippen molar-refractivity contribution in [2.75, 3.05) is 5.73 Å². The predicted octanol–water partition coefficient (Wildman–Crippen LogP) is 2.79. The summed E-state index contributed by atoms with van der Waals surface area (Å²) in [6.45, 7) is 0. The fourth-order valence-electron chi connectivity index (χ4n) is 1.85. The molecule has 0 fully saturated rings. The third kappa shape index (κ3) is 2.42. The summed E-state index contributed by atoms with van der Waals surface area (Å²) in [4.78, 5) is 12.9. The molecule has 92 valence electrons. The molecule has 0 unspecified atom stereocenters. The Kier molecular flexibility index (Phi) is 2.90. The lowest BCUT2D eigenvalue weighted by Gasteiger charge is -2.04. The van der Waals surface area contributed by atoms with Crippen LogP contribution in [0.15, 0.2) is 61.1 Å². The number of nitrogen functional groups attached to an aromatic ring is 1. The number of hydrogen-bond acceptors (Lipinski definition) is 4. The average molecular weight is 248 g/mol. The van der Waals surface area contributed by atoms with Gasteiger partial charge in [-0.25, -0.2) is 9.97 Å². The standard InChI is InChI=1S/C15H12N4/c16-13-5-1-3-11(9-13)15-18-8-6-14(19-15)12-4-2-7-17-10-12/h1-10H,16H2. The zero-order chi connectivity index (χ0) is 13.1. The fourth-order valence-corrected chi connectivity index (χ4v) is 1.85. The summed E-state index contributed by atoms with van der Waals surface area (Å²) >= 11 is 0. The SMILES string of the molecule is Nc1cccc(-c2nccc(-c3cccnc3)n2)c1. The molecule has 0 aliphatic rings. The van der Waals surface area contributed by atoms with E-state index in [1.165, 1.54) is 0 Å². The van der Waals surface area contributed by atoms with Crippen LogP contribution in [0.4, 0.5) is 5.69 Å². The number of anilines is 1. The molecule has 0 aliphatic carbocycles. The van der Waals surface area contributed by atoms with E-state index in [0.717, 1.165) is 16.8 Å². The molecule has 3 rings (SSSR count). The molecule has 4 heteroatoms. The van der Waals surface area contributed by atoms with Crippen LogP contribution in [0.2, 0.25) is 0 Å². The average Bonchev–Trinajstić information content (AvgIpc) is 2.48. The van der Waals surface area contributed by atoms with Crippen LogP contribution in [0.5, 0.6) is 0 Å². The highest BCUT2D eigenvalue weighted by Crippen LogP contribution is 2.21. The Bertz CT molecular complexity index is 695. The summed E-state index contributed by atoms with van der Waals surface area (Å²) in [5, 5.41) is 0. The van der Waals surface area contributed by atoms with Gasteiger partial charge in [0.25, 0.3) is 0 Å². The highest BCUT2D eigenvalue weighted by atomic mass is 14.9. The number of nitrogens with two attached hydrogens (primary N) is 1. The van der Waals surface area contributed by atoms with E-state index in [4.69, 9.17) is 5.73 Å². The molecule has 0 amide bonds. The minimum absolute atomic E-state index is 0.661. The third-order valence-corrected chi connectivity index (χ3v) is 2.76. The summed E-state index contributed by atoms with van der Waals surface area (Å²) in [5.74, 6) is 0.661. The molecule has 2 aromatic heterocycles. The van der Waals surface area contributed by atoms with Gasteiger partial charge in [0, 0.05) is 35.4 Å². The number of pyridine rings is 1. The van der Waals surface area contributed by atoms with E-state index in [9.17, 15) is 0 Å². The van der Waals surface area contributed by atoms with E-state index in [-0.39, 0.29) is 0 Å². The molecule has 0 aliphatic heterocycles. The van der Waals surface area contributed by atoms with Crippen molar-refractivity contribution < 1.29 is 0 Å². The zero-order valence-corrected chi connectivity index (χ0v) is 10.2. The molecular formula is C15H12N4. The van der Waals surface area contributed by atoms with E-state index in [2.05, 4.69) is 15.0 Å². The Hall–Kier alpha value is -2.75. The molecule has 0 atom stereocenters. The van der Waals surface area contributed by atoms with Crippen molar-refractivity contribution in [3.05, 3.63) is 61.1 Å². The number of aromatic nitrogens is 3. The van der Waals surface area contributed by atoms with Gasteiger partial charge in [-0.1, -0.05) is 12.1 Å². The Labute approximate surface area is 111 Å². The molecule has 2 heterocycles. The second kappa shape index (κ2) is 4.86. The topological polar surface area (TPSA) is 64.7 Å². The van der Waals surface area contributed by atoms with Crippen molar-refractivity contribution in [2.45, 2.75) is 0 Å². The normalized spacial score (nSPS) is 10.3. The first-order valence-electron chi connectivity index (χ1n) is 5.92. The molecule has 19 heavy (non-hydrogen) atoms. The molecular weight excluding hydrogens is 236 g/mol. The summed E-state index contributed by atoms with van der Waals surface area (Å²) in [6.07, 6.45) is 5.27. The first-order valence-corrected chi connectivity index (χ1v) is 5.92. The Balaban J connectivity index is 2.06. The van der Waals surface area contributed by atoms with Crippen molar-refractivity contribution in [1.82, 2.24) is 15.0 Å². The Morgan fingerprint density at radius 1 is 0.895 bits per heavy atom. The van der Waals surface area contributed by atoms with Gasteiger partial charge in [-0.05, 0) is 30.3 Å². The lowest BCUT2D eigenvalue weighted by atomic mass is 10.1. The minimum Gasteiger partial charge on any atom is -0.399 e. The highest BCUT2D eigenvalue weighted by Gasteiger charge is 2.04.